The van der Waals surface area contributed by atoms with Crippen molar-refractivity contribution in [3.63, 3.8) is 0 Å². The van der Waals surface area contributed by atoms with Gasteiger partial charge in [0.15, 0.2) is 0 Å². The van der Waals surface area contributed by atoms with E-state index in [4.69, 9.17) is 0 Å². The molecule has 1 unspecified atom stereocenters. The van der Waals surface area contributed by atoms with Crippen LogP contribution in [-0.4, -0.2) is 40.5 Å². The third-order valence-corrected chi connectivity index (χ3v) is 4.49. The van der Waals surface area contributed by atoms with Crippen LogP contribution in [0.1, 0.15) is 19.3 Å². The lowest BCUT2D eigenvalue weighted by Gasteiger charge is -2.40. The molecule has 0 saturated carbocycles. The second-order valence-corrected chi connectivity index (χ2v) is 5.92. The van der Waals surface area contributed by atoms with E-state index in [-0.39, 0.29) is 11.3 Å². The number of hydrogen-bond acceptors (Lipinski definition) is 4. The Morgan fingerprint density at radius 2 is 2.30 bits per heavy atom. The van der Waals surface area contributed by atoms with Gasteiger partial charge >= 0.3 is 0 Å². The predicted octanol–water partition coefficient (Wildman–Crippen LogP) is 1.06. The summed E-state index contributed by atoms with van der Waals surface area (Å²) < 4.78 is 0. The van der Waals surface area contributed by atoms with Gasteiger partial charge in [0.2, 0.25) is 5.91 Å². The highest BCUT2D eigenvalue weighted by Gasteiger charge is 2.42. The van der Waals surface area contributed by atoms with E-state index in [2.05, 4.69) is 25.2 Å². The van der Waals surface area contributed by atoms with Crippen LogP contribution in [0.2, 0.25) is 0 Å². The Morgan fingerprint density at radius 3 is 3.15 bits per heavy atom. The standard InChI is InChI=1S/C14H17N5O/c20-11-6-14(7-16-11)3-1-5-19(8-14)13-10-2-4-15-12(10)17-9-18-13/h2,4,9H,1,3,5-8H2,(H,16,20)(H,15,17,18). The van der Waals surface area contributed by atoms with Crippen LogP contribution in [0.3, 0.4) is 0 Å². The van der Waals surface area contributed by atoms with E-state index in [0.717, 1.165) is 49.3 Å². The van der Waals surface area contributed by atoms with E-state index in [0.29, 0.717) is 6.42 Å². The number of anilines is 1. The van der Waals surface area contributed by atoms with Crippen LogP contribution in [0, 0.1) is 5.41 Å². The molecule has 0 aromatic carbocycles. The van der Waals surface area contributed by atoms with Crippen molar-refractivity contribution in [1.82, 2.24) is 20.3 Å². The Hall–Kier alpha value is -2.11. The highest BCUT2D eigenvalue weighted by Crippen LogP contribution is 2.38. The molecule has 2 aliphatic heterocycles. The number of carbonyl (C=O) groups is 1. The van der Waals surface area contributed by atoms with Gasteiger partial charge < -0.3 is 15.2 Å². The minimum atomic E-state index is 0.0862. The zero-order valence-electron chi connectivity index (χ0n) is 11.2. The fraction of sp³-hybridized carbons (Fsp3) is 0.500. The monoisotopic (exact) mass is 271 g/mol. The van der Waals surface area contributed by atoms with Gasteiger partial charge in [-0.15, -0.1) is 0 Å². The Bertz CT molecular complexity index is 666. The Balaban J connectivity index is 1.68. The lowest BCUT2D eigenvalue weighted by Crippen LogP contribution is -2.45. The molecule has 2 aromatic heterocycles. The van der Waals surface area contributed by atoms with Gasteiger partial charge in [-0.2, -0.15) is 0 Å². The maximum Gasteiger partial charge on any atom is 0.220 e. The Kier molecular flexibility index (Phi) is 2.45. The van der Waals surface area contributed by atoms with Crippen molar-refractivity contribution < 1.29 is 4.79 Å². The molecule has 1 atom stereocenters. The van der Waals surface area contributed by atoms with E-state index in [1.54, 1.807) is 6.33 Å². The molecule has 4 heterocycles. The molecule has 6 heteroatoms. The van der Waals surface area contributed by atoms with Gasteiger partial charge in [-0.1, -0.05) is 0 Å². The summed E-state index contributed by atoms with van der Waals surface area (Å²) in [5.74, 6) is 1.16. The largest absolute Gasteiger partial charge is 0.355 e. The summed E-state index contributed by atoms with van der Waals surface area (Å²) in [5, 5.41) is 4.04. The van der Waals surface area contributed by atoms with Crippen LogP contribution >= 0.6 is 0 Å². The molecule has 20 heavy (non-hydrogen) atoms. The van der Waals surface area contributed by atoms with E-state index < -0.39 is 0 Å². The number of fused-ring (bicyclic) bond motifs is 1. The summed E-state index contributed by atoms with van der Waals surface area (Å²) >= 11 is 0. The summed E-state index contributed by atoms with van der Waals surface area (Å²) in [5.41, 5.74) is 0.957. The van der Waals surface area contributed by atoms with Crippen LogP contribution in [-0.2, 0) is 4.79 Å². The predicted molar refractivity (Wildman–Crippen MR) is 75.4 cm³/mol. The van der Waals surface area contributed by atoms with Crippen molar-refractivity contribution in [1.29, 1.82) is 0 Å². The molecule has 0 aliphatic carbocycles. The van der Waals surface area contributed by atoms with Crippen molar-refractivity contribution in [2.45, 2.75) is 19.3 Å². The van der Waals surface area contributed by atoms with Crippen LogP contribution in [0.5, 0.6) is 0 Å². The molecule has 6 nitrogen and oxygen atoms in total. The number of amides is 1. The fourth-order valence-electron chi connectivity index (χ4n) is 3.54. The minimum absolute atomic E-state index is 0.0862. The zero-order chi connectivity index (χ0) is 13.6. The highest BCUT2D eigenvalue weighted by atomic mass is 16.1. The smallest absolute Gasteiger partial charge is 0.220 e. The van der Waals surface area contributed by atoms with Gasteiger partial charge in [-0.3, -0.25) is 4.79 Å². The first kappa shape index (κ1) is 11.7. The zero-order valence-corrected chi connectivity index (χ0v) is 11.2. The topological polar surface area (TPSA) is 73.9 Å². The van der Waals surface area contributed by atoms with E-state index in [9.17, 15) is 4.79 Å². The van der Waals surface area contributed by atoms with Crippen LogP contribution < -0.4 is 10.2 Å². The first-order chi connectivity index (χ1) is 9.76. The molecular formula is C14H17N5O. The lowest BCUT2D eigenvalue weighted by molar-refractivity contribution is -0.119. The summed E-state index contributed by atoms with van der Waals surface area (Å²) in [7, 11) is 0. The first-order valence-electron chi connectivity index (χ1n) is 7.06. The summed E-state index contributed by atoms with van der Waals surface area (Å²) in [4.78, 5) is 25.7. The van der Waals surface area contributed by atoms with Crippen LogP contribution in [0.15, 0.2) is 18.6 Å². The van der Waals surface area contributed by atoms with E-state index in [1.165, 1.54) is 0 Å². The quantitative estimate of drug-likeness (QED) is 0.813. The number of piperidine rings is 1. The molecule has 2 N–H and O–H groups in total. The number of aromatic nitrogens is 3. The van der Waals surface area contributed by atoms with Gasteiger partial charge in [0.25, 0.3) is 0 Å². The number of H-pyrrole nitrogens is 1. The van der Waals surface area contributed by atoms with Gasteiger partial charge in [0.05, 0.1) is 5.39 Å². The lowest BCUT2D eigenvalue weighted by atomic mass is 9.79. The number of nitrogens with zero attached hydrogens (tertiary/aromatic N) is 3. The van der Waals surface area contributed by atoms with Crippen molar-refractivity contribution in [2.75, 3.05) is 24.5 Å². The Morgan fingerprint density at radius 1 is 1.35 bits per heavy atom. The molecule has 104 valence electrons. The SMILES string of the molecule is O=C1CC2(CCCN(c3ncnc4[nH]ccc34)C2)CN1. The minimum Gasteiger partial charge on any atom is -0.355 e. The third-order valence-electron chi connectivity index (χ3n) is 4.49. The van der Waals surface area contributed by atoms with Gasteiger partial charge in [0, 0.05) is 37.7 Å². The second kappa shape index (κ2) is 4.19. The number of hydrogen-bond donors (Lipinski definition) is 2. The summed E-state index contributed by atoms with van der Waals surface area (Å²) in [6.45, 7) is 2.68. The van der Waals surface area contributed by atoms with E-state index >= 15 is 0 Å². The van der Waals surface area contributed by atoms with Gasteiger partial charge in [0.1, 0.15) is 17.8 Å². The average molecular weight is 271 g/mol. The second-order valence-electron chi connectivity index (χ2n) is 5.92. The maximum atomic E-state index is 11.6. The normalized spacial score (nSPS) is 26.4. The molecule has 2 saturated heterocycles. The molecule has 4 rings (SSSR count). The molecule has 0 radical (unpaired) electrons. The van der Waals surface area contributed by atoms with Crippen molar-refractivity contribution in [3.05, 3.63) is 18.6 Å². The van der Waals surface area contributed by atoms with Gasteiger partial charge in [-0.25, -0.2) is 9.97 Å². The average Bonchev–Trinajstić information content (AvgIpc) is 3.06. The number of rotatable bonds is 1. The molecule has 1 spiro atoms. The van der Waals surface area contributed by atoms with Crippen molar-refractivity contribution in [2.24, 2.45) is 5.41 Å². The molecule has 2 fully saturated rings. The first-order valence-corrected chi connectivity index (χ1v) is 7.06. The third kappa shape index (κ3) is 1.75. The number of nitrogens with one attached hydrogen (secondary N) is 2. The van der Waals surface area contributed by atoms with Crippen LogP contribution in [0.25, 0.3) is 11.0 Å². The summed E-state index contributed by atoms with van der Waals surface area (Å²) in [6, 6.07) is 2.02. The van der Waals surface area contributed by atoms with Gasteiger partial charge in [-0.05, 0) is 18.9 Å². The van der Waals surface area contributed by atoms with Crippen molar-refractivity contribution >= 4 is 22.8 Å². The summed E-state index contributed by atoms with van der Waals surface area (Å²) in [6.07, 6.45) is 6.36. The molecular weight excluding hydrogens is 254 g/mol. The van der Waals surface area contributed by atoms with Crippen LogP contribution in [0.4, 0.5) is 5.82 Å². The number of aromatic amines is 1. The van der Waals surface area contributed by atoms with E-state index in [1.807, 2.05) is 12.3 Å². The van der Waals surface area contributed by atoms with Crippen molar-refractivity contribution in [3.8, 4) is 0 Å². The molecule has 0 bridgehead atoms. The highest BCUT2D eigenvalue weighted by molar-refractivity contribution is 5.87. The molecule has 1 amide bonds. The Labute approximate surface area is 116 Å². The molecule has 2 aliphatic rings. The maximum absolute atomic E-state index is 11.6. The fourth-order valence-corrected chi connectivity index (χ4v) is 3.54. The molecule has 2 aromatic rings. The number of carbonyl (C=O) groups excluding carboxylic acids is 1.